The fourth-order valence-corrected chi connectivity index (χ4v) is 5.86. The normalized spacial score (nSPS) is 16.1. The summed E-state index contributed by atoms with van der Waals surface area (Å²) in [6.07, 6.45) is 1.77. The number of nitrogens with zero attached hydrogens (tertiary/aromatic N) is 2. The van der Waals surface area contributed by atoms with Gasteiger partial charge in [0.2, 0.25) is 5.91 Å². The van der Waals surface area contributed by atoms with E-state index in [1.54, 1.807) is 28.4 Å². The first kappa shape index (κ1) is 24.8. The molecule has 1 aliphatic rings. The number of hydrogen-bond acceptors (Lipinski definition) is 5. The van der Waals surface area contributed by atoms with Crippen molar-refractivity contribution in [2.45, 2.75) is 32.7 Å². The predicted octanol–water partition coefficient (Wildman–Crippen LogP) is 6.16. The quantitative estimate of drug-likeness (QED) is 0.342. The van der Waals surface area contributed by atoms with E-state index in [1.165, 1.54) is 16.2 Å². The zero-order chi connectivity index (χ0) is 24.1. The summed E-state index contributed by atoms with van der Waals surface area (Å²) in [5, 5.41) is 4.62. The molecule has 2 aromatic heterocycles. The predicted molar refractivity (Wildman–Crippen MR) is 139 cm³/mol. The summed E-state index contributed by atoms with van der Waals surface area (Å²) in [5.74, 6) is 0.900. The van der Waals surface area contributed by atoms with Gasteiger partial charge in [-0.15, -0.1) is 22.7 Å². The van der Waals surface area contributed by atoms with Gasteiger partial charge in [-0.1, -0.05) is 37.9 Å². The molecule has 5 nitrogen and oxygen atoms in total. The summed E-state index contributed by atoms with van der Waals surface area (Å²) in [6.45, 7) is 5.81. The molecule has 2 atom stereocenters. The standard InChI is InChI=1S/C26H29ClN2O3S2/c1-3-18(2)15-28(26(31)24-5-4-13-33-24)16-25(30)29-12-10-23-21(11-14-34-23)22(29)17-32-20-8-6-19(27)7-9-20/h4-9,11,13-14,18,22H,3,10,12,15-17H2,1-2H3. The molecule has 180 valence electrons. The fourth-order valence-electron chi connectivity index (χ4n) is 4.12. The first-order chi connectivity index (χ1) is 16.5. The minimum atomic E-state index is -0.194. The minimum absolute atomic E-state index is 0.0465. The summed E-state index contributed by atoms with van der Waals surface area (Å²) >= 11 is 9.13. The number of thiophene rings is 2. The molecule has 1 aliphatic heterocycles. The first-order valence-electron chi connectivity index (χ1n) is 11.5. The average Bonchev–Trinajstić information content (AvgIpc) is 3.54. The zero-order valence-electron chi connectivity index (χ0n) is 19.4. The van der Waals surface area contributed by atoms with Gasteiger partial charge < -0.3 is 14.5 Å². The van der Waals surface area contributed by atoms with E-state index >= 15 is 0 Å². The van der Waals surface area contributed by atoms with E-state index in [0.717, 1.165) is 18.4 Å². The Bertz CT molecular complexity index is 1100. The molecular formula is C26H29ClN2O3S2. The van der Waals surface area contributed by atoms with Gasteiger partial charge in [0.1, 0.15) is 18.9 Å². The van der Waals surface area contributed by atoms with Crippen LogP contribution in [0, 0.1) is 5.92 Å². The van der Waals surface area contributed by atoms with E-state index in [0.29, 0.717) is 41.3 Å². The molecule has 8 heteroatoms. The molecule has 0 spiro atoms. The van der Waals surface area contributed by atoms with Crippen molar-refractivity contribution in [3.8, 4) is 5.75 Å². The molecule has 0 N–H and O–H groups in total. The molecule has 0 saturated carbocycles. The molecular weight excluding hydrogens is 488 g/mol. The number of hydrogen-bond donors (Lipinski definition) is 0. The maximum Gasteiger partial charge on any atom is 0.264 e. The summed E-state index contributed by atoms with van der Waals surface area (Å²) in [4.78, 5) is 32.4. The molecule has 2 amide bonds. The maximum absolute atomic E-state index is 13.6. The third-order valence-electron chi connectivity index (χ3n) is 6.21. The summed E-state index contributed by atoms with van der Waals surface area (Å²) in [5.41, 5.74) is 1.14. The van der Waals surface area contributed by atoms with Crippen LogP contribution in [0.5, 0.6) is 5.75 Å². The van der Waals surface area contributed by atoms with Crippen LogP contribution in [0.15, 0.2) is 53.2 Å². The van der Waals surface area contributed by atoms with E-state index in [9.17, 15) is 9.59 Å². The van der Waals surface area contributed by atoms with Crippen molar-refractivity contribution in [2.24, 2.45) is 5.92 Å². The molecule has 34 heavy (non-hydrogen) atoms. The third-order valence-corrected chi connectivity index (χ3v) is 8.32. The molecule has 0 aliphatic carbocycles. The van der Waals surface area contributed by atoms with Gasteiger partial charge in [-0.2, -0.15) is 0 Å². The average molecular weight is 517 g/mol. The van der Waals surface area contributed by atoms with Crippen molar-refractivity contribution in [1.29, 1.82) is 0 Å². The smallest absolute Gasteiger partial charge is 0.264 e. The van der Waals surface area contributed by atoms with Gasteiger partial charge in [-0.3, -0.25) is 9.59 Å². The van der Waals surface area contributed by atoms with Gasteiger partial charge in [-0.05, 0) is 65.1 Å². The summed E-state index contributed by atoms with van der Waals surface area (Å²) in [7, 11) is 0. The van der Waals surface area contributed by atoms with E-state index in [2.05, 4.69) is 25.3 Å². The molecule has 1 aromatic carbocycles. The highest BCUT2D eigenvalue weighted by atomic mass is 35.5. The first-order valence-corrected chi connectivity index (χ1v) is 13.7. The lowest BCUT2D eigenvalue weighted by atomic mass is 10.00. The number of ether oxygens (including phenoxy) is 1. The molecule has 0 radical (unpaired) electrons. The number of benzene rings is 1. The number of rotatable bonds is 9. The molecule has 2 unspecified atom stereocenters. The van der Waals surface area contributed by atoms with Gasteiger partial charge >= 0.3 is 0 Å². The molecule has 0 bridgehead atoms. The fraction of sp³-hybridized carbons (Fsp3) is 0.385. The second kappa shape index (κ2) is 11.4. The Labute approximate surface area is 213 Å². The minimum Gasteiger partial charge on any atom is -0.491 e. The number of carbonyl (C=O) groups excluding carboxylic acids is 2. The van der Waals surface area contributed by atoms with E-state index in [-0.39, 0.29) is 24.4 Å². The lowest BCUT2D eigenvalue weighted by Gasteiger charge is -2.37. The highest BCUT2D eigenvalue weighted by Gasteiger charge is 2.34. The van der Waals surface area contributed by atoms with E-state index in [1.807, 2.05) is 34.5 Å². The Hall–Kier alpha value is -2.35. The lowest BCUT2D eigenvalue weighted by molar-refractivity contribution is -0.135. The van der Waals surface area contributed by atoms with Gasteiger partial charge in [0.25, 0.3) is 5.91 Å². The van der Waals surface area contributed by atoms with Crippen molar-refractivity contribution in [3.05, 3.63) is 73.6 Å². The summed E-state index contributed by atoms with van der Waals surface area (Å²) in [6, 6.07) is 12.8. The van der Waals surface area contributed by atoms with Gasteiger partial charge in [0.05, 0.1) is 10.9 Å². The SMILES string of the molecule is CCC(C)CN(CC(=O)N1CCc2sccc2C1COc1ccc(Cl)cc1)C(=O)c1cccs1. The molecule has 0 fully saturated rings. The van der Waals surface area contributed by atoms with Crippen LogP contribution in [-0.2, 0) is 11.2 Å². The Balaban J connectivity index is 1.52. The van der Waals surface area contributed by atoms with Crippen LogP contribution >= 0.6 is 34.3 Å². The Morgan fingerprint density at radius 2 is 1.97 bits per heavy atom. The monoisotopic (exact) mass is 516 g/mol. The second-order valence-corrected chi connectivity index (χ2v) is 11.0. The number of halogens is 1. The van der Waals surface area contributed by atoms with Crippen LogP contribution < -0.4 is 4.74 Å². The van der Waals surface area contributed by atoms with E-state index in [4.69, 9.17) is 16.3 Å². The number of fused-ring (bicyclic) bond motifs is 1. The van der Waals surface area contributed by atoms with Crippen molar-refractivity contribution in [1.82, 2.24) is 9.80 Å². The van der Waals surface area contributed by atoms with Crippen molar-refractivity contribution < 1.29 is 14.3 Å². The Kier molecular flexibility index (Phi) is 8.29. The van der Waals surface area contributed by atoms with Crippen molar-refractivity contribution >= 4 is 46.1 Å². The molecule has 4 rings (SSSR count). The largest absolute Gasteiger partial charge is 0.491 e. The highest BCUT2D eigenvalue weighted by molar-refractivity contribution is 7.12. The number of carbonyl (C=O) groups is 2. The van der Waals surface area contributed by atoms with Crippen LogP contribution in [0.1, 0.15) is 46.4 Å². The van der Waals surface area contributed by atoms with E-state index < -0.39 is 0 Å². The van der Waals surface area contributed by atoms with Crippen LogP contribution in [0.4, 0.5) is 0 Å². The van der Waals surface area contributed by atoms with Crippen LogP contribution in [0.3, 0.4) is 0 Å². The van der Waals surface area contributed by atoms with Gasteiger partial charge in [-0.25, -0.2) is 0 Å². The zero-order valence-corrected chi connectivity index (χ0v) is 21.8. The van der Waals surface area contributed by atoms with Crippen LogP contribution in [0.2, 0.25) is 5.02 Å². The third kappa shape index (κ3) is 5.82. The topological polar surface area (TPSA) is 49.9 Å². The molecule has 3 aromatic rings. The van der Waals surface area contributed by atoms with Crippen molar-refractivity contribution in [2.75, 3.05) is 26.2 Å². The Morgan fingerprint density at radius 1 is 1.18 bits per heavy atom. The summed E-state index contributed by atoms with van der Waals surface area (Å²) < 4.78 is 6.07. The molecule has 0 saturated heterocycles. The number of amides is 2. The highest BCUT2D eigenvalue weighted by Crippen LogP contribution is 2.34. The van der Waals surface area contributed by atoms with Gasteiger partial charge in [0, 0.05) is 23.0 Å². The van der Waals surface area contributed by atoms with Crippen molar-refractivity contribution in [3.63, 3.8) is 0 Å². The Morgan fingerprint density at radius 3 is 2.68 bits per heavy atom. The lowest BCUT2D eigenvalue weighted by Crippen LogP contribution is -2.48. The van der Waals surface area contributed by atoms with Crippen LogP contribution in [0.25, 0.3) is 0 Å². The van der Waals surface area contributed by atoms with Gasteiger partial charge in [0.15, 0.2) is 0 Å². The maximum atomic E-state index is 13.6. The van der Waals surface area contributed by atoms with Crippen LogP contribution in [-0.4, -0.2) is 47.9 Å². The second-order valence-electron chi connectivity index (χ2n) is 8.59. The molecule has 3 heterocycles.